The molecule has 0 radical (unpaired) electrons. The van der Waals surface area contributed by atoms with Crippen LogP contribution in [0.15, 0.2) is 59.1 Å². The van der Waals surface area contributed by atoms with Crippen LogP contribution in [0.2, 0.25) is 0 Å². The maximum Gasteiger partial charge on any atom is 0.134 e. The fraction of sp³-hybridized carbons (Fsp3) is 0.211. The summed E-state index contributed by atoms with van der Waals surface area (Å²) < 4.78 is 6.12. The number of hydrogen-bond donors (Lipinski definition) is 0. The Morgan fingerprint density at radius 3 is 2.77 bits per heavy atom. The van der Waals surface area contributed by atoms with Crippen LogP contribution in [0.4, 0.5) is 5.69 Å². The summed E-state index contributed by atoms with van der Waals surface area (Å²) in [6, 6.07) is 16.7. The first-order valence-electron chi connectivity index (χ1n) is 7.64. The predicted molar refractivity (Wildman–Crippen MR) is 87.9 cm³/mol. The molecule has 110 valence electrons. The van der Waals surface area contributed by atoms with Gasteiger partial charge < -0.3 is 9.32 Å². The van der Waals surface area contributed by atoms with E-state index < -0.39 is 0 Å². The standard InChI is InChI=1S/C19H18N2O/c1-14-11-17(7-9-20-14)21-10-8-16-12-18(22-19(16)13-21)15-5-3-2-4-6-15/h2-7,9,11-12H,8,10,13H2,1H3. The molecule has 3 aromatic rings. The number of hydrogen-bond acceptors (Lipinski definition) is 3. The molecule has 0 saturated heterocycles. The molecule has 0 atom stereocenters. The van der Waals surface area contributed by atoms with E-state index in [0.717, 1.165) is 42.3 Å². The lowest BCUT2D eigenvalue weighted by Crippen LogP contribution is -2.29. The summed E-state index contributed by atoms with van der Waals surface area (Å²) in [6.07, 6.45) is 2.89. The maximum absolute atomic E-state index is 6.12. The van der Waals surface area contributed by atoms with E-state index in [-0.39, 0.29) is 0 Å². The van der Waals surface area contributed by atoms with Gasteiger partial charge >= 0.3 is 0 Å². The van der Waals surface area contributed by atoms with Crippen molar-refractivity contribution in [2.75, 3.05) is 11.4 Å². The van der Waals surface area contributed by atoms with Crippen LogP contribution in [0.5, 0.6) is 0 Å². The molecule has 0 N–H and O–H groups in total. The van der Waals surface area contributed by atoms with E-state index in [0.29, 0.717) is 0 Å². The monoisotopic (exact) mass is 290 g/mol. The lowest BCUT2D eigenvalue weighted by molar-refractivity contribution is 0.496. The van der Waals surface area contributed by atoms with E-state index in [1.54, 1.807) is 0 Å². The summed E-state index contributed by atoms with van der Waals surface area (Å²) in [5.74, 6) is 2.05. The van der Waals surface area contributed by atoms with E-state index in [2.05, 4.69) is 40.2 Å². The summed E-state index contributed by atoms with van der Waals surface area (Å²) in [5.41, 5.74) is 4.74. The van der Waals surface area contributed by atoms with Gasteiger partial charge in [-0.05, 0) is 37.1 Å². The van der Waals surface area contributed by atoms with Crippen LogP contribution in [0, 0.1) is 6.92 Å². The largest absolute Gasteiger partial charge is 0.459 e. The smallest absolute Gasteiger partial charge is 0.134 e. The minimum atomic E-state index is 0.825. The highest BCUT2D eigenvalue weighted by Crippen LogP contribution is 2.31. The van der Waals surface area contributed by atoms with Crippen LogP contribution < -0.4 is 4.90 Å². The van der Waals surface area contributed by atoms with E-state index in [1.165, 1.54) is 11.3 Å². The van der Waals surface area contributed by atoms with Gasteiger partial charge in [0.2, 0.25) is 0 Å². The summed E-state index contributed by atoms with van der Waals surface area (Å²) >= 11 is 0. The molecule has 3 nitrogen and oxygen atoms in total. The molecule has 0 saturated carbocycles. The van der Waals surface area contributed by atoms with Crippen molar-refractivity contribution in [3.05, 3.63) is 71.7 Å². The summed E-state index contributed by atoms with van der Waals surface area (Å²) in [5, 5.41) is 0. The number of rotatable bonds is 2. The molecule has 0 bridgehead atoms. The zero-order chi connectivity index (χ0) is 14.9. The molecule has 4 rings (SSSR count). The van der Waals surface area contributed by atoms with Gasteiger partial charge in [0.1, 0.15) is 11.5 Å². The van der Waals surface area contributed by atoms with Gasteiger partial charge in [0.15, 0.2) is 0 Å². The number of aryl methyl sites for hydroxylation is 1. The Bertz CT molecular complexity index is 792. The van der Waals surface area contributed by atoms with Crippen LogP contribution in [0.1, 0.15) is 17.0 Å². The average molecular weight is 290 g/mol. The Hall–Kier alpha value is -2.55. The van der Waals surface area contributed by atoms with Crippen molar-refractivity contribution in [2.24, 2.45) is 0 Å². The molecule has 3 heteroatoms. The number of benzene rings is 1. The summed E-state index contributed by atoms with van der Waals surface area (Å²) in [7, 11) is 0. The van der Waals surface area contributed by atoms with Crippen LogP contribution in [0.3, 0.4) is 0 Å². The van der Waals surface area contributed by atoms with Gasteiger partial charge in [-0.1, -0.05) is 30.3 Å². The van der Waals surface area contributed by atoms with Crippen molar-refractivity contribution in [1.82, 2.24) is 4.98 Å². The molecule has 22 heavy (non-hydrogen) atoms. The highest BCUT2D eigenvalue weighted by Gasteiger charge is 2.21. The van der Waals surface area contributed by atoms with Gasteiger partial charge in [-0.15, -0.1) is 0 Å². The number of fused-ring (bicyclic) bond motifs is 1. The topological polar surface area (TPSA) is 29.3 Å². The highest BCUT2D eigenvalue weighted by molar-refractivity contribution is 5.59. The van der Waals surface area contributed by atoms with E-state index in [4.69, 9.17) is 4.42 Å². The third-order valence-electron chi connectivity index (χ3n) is 4.19. The Morgan fingerprint density at radius 2 is 1.95 bits per heavy atom. The molecule has 1 aliphatic heterocycles. The summed E-state index contributed by atoms with van der Waals surface area (Å²) in [6.45, 7) is 3.87. The molecular weight excluding hydrogens is 272 g/mol. The number of furan rings is 1. The van der Waals surface area contributed by atoms with Gasteiger partial charge in [0.25, 0.3) is 0 Å². The maximum atomic E-state index is 6.12. The molecule has 0 spiro atoms. The minimum absolute atomic E-state index is 0.825. The number of pyridine rings is 1. The van der Waals surface area contributed by atoms with E-state index in [9.17, 15) is 0 Å². The van der Waals surface area contributed by atoms with Crippen LogP contribution in [-0.2, 0) is 13.0 Å². The Labute approximate surface area is 130 Å². The number of anilines is 1. The molecule has 0 amide bonds. The van der Waals surface area contributed by atoms with Gasteiger partial charge in [-0.3, -0.25) is 4.98 Å². The van der Waals surface area contributed by atoms with Crippen molar-refractivity contribution < 1.29 is 4.42 Å². The molecule has 1 aromatic carbocycles. The second kappa shape index (κ2) is 5.34. The third-order valence-corrected chi connectivity index (χ3v) is 4.19. The highest BCUT2D eigenvalue weighted by atomic mass is 16.3. The van der Waals surface area contributed by atoms with Crippen molar-refractivity contribution in [2.45, 2.75) is 19.9 Å². The molecule has 0 fully saturated rings. The number of nitrogens with zero attached hydrogens (tertiary/aromatic N) is 2. The second-order valence-corrected chi connectivity index (χ2v) is 5.75. The molecule has 2 aromatic heterocycles. The molecular formula is C19H18N2O. The minimum Gasteiger partial charge on any atom is -0.459 e. The first kappa shape index (κ1) is 13.1. The normalized spacial score (nSPS) is 14.0. The van der Waals surface area contributed by atoms with Crippen molar-refractivity contribution in [3.63, 3.8) is 0 Å². The SMILES string of the molecule is Cc1cc(N2CCc3cc(-c4ccccc4)oc3C2)ccn1. The Morgan fingerprint density at radius 1 is 1.09 bits per heavy atom. The first-order chi connectivity index (χ1) is 10.8. The fourth-order valence-corrected chi connectivity index (χ4v) is 3.01. The third kappa shape index (κ3) is 2.39. The Kier molecular flexibility index (Phi) is 3.19. The molecule has 1 aliphatic rings. The van der Waals surface area contributed by atoms with Gasteiger partial charge in [0.05, 0.1) is 6.54 Å². The lowest BCUT2D eigenvalue weighted by Gasteiger charge is -2.28. The van der Waals surface area contributed by atoms with Crippen molar-refractivity contribution in [3.8, 4) is 11.3 Å². The molecule has 3 heterocycles. The second-order valence-electron chi connectivity index (χ2n) is 5.75. The van der Waals surface area contributed by atoms with Crippen LogP contribution >= 0.6 is 0 Å². The fourth-order valence-electron chi connectivity index (χ4n) is 3.01. The van der Waals surface area contributed by atoms with Crippen LogP contribution in [-0.4, -0.2) is 11.5 Å². The van der Waals surface area contributed by atoms with Gasteiger partial charge in [0, 0.05) is 29.7 Å². The predicted octanol–water partition coefficient (Wildman–Crippen LogP) is 4.21. The zero-order valence-electron chi connectivity index (χ0n) is 12.6. The van der Waals surface area contributed by atoms with Crippen molar-refractivity contribution in [1.29, 1.82) is 0 Å². The summed E-state index contributed by atoms with van der Waals surface area (Å²) in [4.78, 5) is 6.63. The van der Waals surface area contributed by atoms with E-state index in [1.807, 2.05) is 31.3 Å². The quantitative estimate of drug-likeness (QED) is 0.708. The Balaban J connectivity index is 1.63. The van der Waals surface area contributed by atoms with Gasteiger partial charge in [-0.25, -0.2) is 0 Å². The zero-order valence-corrected chi connectivity index (χ0v) is 12.6. The molecule has 0 unspecified atom stereocenters. The first-order valence-corrected chi connectivity index (χ1v) is 7.64. The average Bonchev–Trinajstić information content (AvgIpc) is 2.99. The van der Waals surface area contributed by atoms with E-state index >= 15 is 0 Å². The van der Waals surface area contributed by atoms with Crippen molar-refractivity contribution >= 4 is 5.69 Å². The number of aromatic nitrogens is 1. The lowest BCUT2D eigenvalue weighted by atomic mass is 10.1. The van der Waals surface area contributed by atoms with Gasteiger partial charge in [-0.2, -0.15) is 0 Å². The van der Waals surface area contributed by atoms with Crippen LogP contribution in [0.25, 0.3) is 11.3 Å². The molecule has 0 aliphatic carbocycles.